The Balaban J connectivity index is 1.60. The third-order valence-corrected chi connectivity index (χ3v) is 17.4. The molecule has 0 spiro atoms. The summed E-state index contributed by atoms with van der Waals surface area (Å²) in [5, 5.41) is 0.176. The van der Waals surface area contributed by atoms with Crippen molar-refractivity contribution >= 4 is 14.5 Å². The molecule has 0 radical (unpaired) electrons. The molecule has 4 aliphatic rings. The predicted octanol–water partition coefficient (Wildman–Crippen LogP) is 9.89. The van der Waals surface area contributed by atoms with E-state index in [1.54, 1.807) is 0 Å². The summed E-state index contributed by atoms with van der Waals surface area (Å²) in [6, 6.07) is 0. The van der Waals surface area contributed by atoms with E-state index < -0.39 is 20.1 Å². The highest BCUT2D eigenvalue weighted by molar-refractivity contribution is 6.74. The third kappa shape index (κ3) is 6.23. The van der Waals surface area contributed by atoms with Crippen molar-refractivity contribution in [3.63, 3.8) is 0 Å². The minimum atomic E-state index is -1.90. The second-order valence-corrected chi connectivity index (χ2v) is 21.5. The van der Waals surface area contributed by atoms with Crippen molar-refractivity contribution in [1.82, 2.24) is 0 Å². The topological polar surface area (TPSA) is 54.0 Å². The van der Waals surface area contributed by atoms with Crippen LogP contribution in [0.1, 0.15) is 100 Å². The van der Waals surface area contributed by atoms with Crippen molar-refractivity contribution < 1.29 is 23.4 Å². The minimum Gasteiger partial charge on any atom is -0.438 e. The van der Waals surface area contributed by atoms with Crippen molar-refractivity contribution in [3.05, 3.63) is 36.0 Å². The summed E-state index contributed by atoms with van der Waals surface area (Å²) in [6.07, 6.45) is 14.2. The number of hydrogen-bond acceptors (Lipinski definition) is 5. The number of rotatable bonds is 10. The molecule has 9 atom stereocenters. The lowest BCUT2D eigenvalue weighted by atomic mass is 9.59. The van der Waals surface area contributed by atoms with Crippen molar-refractivity contribution in [2.75, 3.05) is 14.2 Å². The average molecular weight is 615 g/mol. The summed E-state index contributed by atoms with van der Waals surface area (Å²) < 4.78 is 24.4. The molecule has 0 aromatic heterocycles. The fraction of sp³-hybridized carbons (Fsp3) is 0.811. The van der Waals surface area contributed by atoms with E-state index in [0.717, 1.165) is 44.9 Å². The van der Waals surface area contributed by atoms with Crippen LogP contribution in [0, 0.1) is 40.4 Å². The zero-order valence-corrected chi connectivity index (χ0v) is 30.5. The van der Waals surface area contributed by atoms with Crippen LogP contribution in [0.5, 0.6) is 0 Å². The summed E-state index contributed by atoms with van der Waals surface area (Å²) >= 11 is 0. The average Bonchev–Trinajstić information content (AvgIpc) is 3.41. The van der Waals surface area contributed by atoms with Gasteiger partial charge < -0.3 is 18.6 Å². The first-order valence-corrected chi connectivity index (χ1v) is 19.8. The minimum absolute atomic E-state index is 0.00112. The molecule has 6 heteroatoms. The summed E-state index contributed by atoms with van der Waals surface area (Å²) in [5.74, 6) is 2.16. The summed E-state index contributed by atoms with van der Waals surface area (Å²) in [5.41, 5.74) is 2.09. The first-order valence-electron chi connectivity index (χ1n) is 16.9. The molecule has 0 aromatic carbocycles. The van der Waals surface area contributed by atoms with Crippen LogP contribution >= 0.6 is 0 Å². The summed E-state index contributed by atoms with van der Waals surface area (Å²) in [7, 11) is 1.38. The number of fused-ring (bicyclic) bond motifs is 2. The standard InChI is InChI=1S/C37H62O5Si/c1-24(2)25(3)18-20-36(9,41-33(38)40-11)31-17-16-29-27(15-14-19-35(29,31)8)21-32(39-10)37-23-28(37)22-30(26(37)4)42-43(12,13)34(5,6)7/h18,20-21,24-25,28-32H,4,14-17,19,22-23H2,1-3,5-13H3/b20-18+,27-21?/t25?,28?,29?,30?,31?,32?,35?,36-,37?/m0/s1. The van der Waals surface area contributed by atoms with Crippen molar-refractivity contribution in [2.24, 2.45) is 40.4 Å². The van der Waals surface area contributed by atoms with Gasteiger partial charge in [-0.1, -0.05) is 72.8 Å². The zero-order valence-electron chi connectivity index (χ0n) is 29.5. The number of carbonyl (C=O) groups excluding carboxylic acids is 1. The quantitative estimate of drug-likeness (QED) is 0.139. The molecule has 0 bridgehead atoms. The maximum Gasteiger partial charge on any atom is 0.508 e. The van der Waals surface area contributed by atoms with Gasteiger partial charge in [-0.2, -0.15) is 0 Å². The first-order chi connectivity index (χ1) is 19.9. The van der Waals surface area contributed by atoms with E-state index in [9.17, 15) is 4.79 Å². The molecule has 4 aliphatic carbocycles. The Kier molecular flexibility index (Phi) is 9.70. The van der Waals surface area contributed by atoms with Crippen LogP contribution in [-0.4, -0.2) is 46.5 Å². The van der Waals surface area contributed by atoms with Crippen LogP contribution in [0.4, 0.5) is 4.79 Å². The SMILES string of the molecule is C=C1C(O[Si](C)(C)C(C)(C)C)CC2CC12C(C=C1CCCC2(C)C1CCC2[C@](C)(/C=C/C(C)C(C)C)OC(=O)OC)OC. The second kappa shape index (κ2) is 12.1. The Morgan fingerprint density at radius 2 is 1.79 bits per heavy atom. The monoisotopic (exact) mass is 614 g/mol. The summed E-state index contributed by atoms with van der Waals surface area (Å²) in [6.45, 7) is 27.6. The maximum absolute atomic E-state index is 12.5. The molecule has 4 fully saturated rings. The molecule has 244 valence electrons. The van der Waals surface area contributed by atoms with E-state index in [0.29, 0.717) is 23.7 Å². The largest absolute Gasteiger partial charge is 0.508 e. The van der Waals surface area contributed by atoms with Gasteiger partial charge in [-0.3, -0.25) is 0 Å². The Labute approximate surface area is 264 Å². The molecule has 0 saturated heterocycles. The van der Waals surface area contributed by atoms with Crippen LogP contribution in [0.15, 0.2) is 36.0 Å². The highest BCUT2D eigenvalue weighted by atomic mass is 28.4. The van der Waals surface area contributed by atoms with Crippen LogP contribution in [0.25, 0.3) is 0 Å². The van der Waals surface area contributed by atoms with E-state index in [2.05, 4.69) is 93.3 Å². The number of hydrogen-bond donors (Lipinski definition) is 0. The molecule has 0 aromatic rings. The molecule has 4 rings (SSSR count). The summed E-state index contributed by atoms with van der Waals surface area (Å²) in [4.78, 5) is 12.5. The van der Waals surface area contributed by atoms with Crippen LogP contribution in [0.3, 0.4) is 0 Å². The van der Waals surface area contributed by atoms with Crippen LogP contribution < -0.4 is 0 Å². The van der Waals surface area contributed by atoms with Gasteiger partial charge in [0.1, 0.15) is 5.60 Å². The molecule has 0 heterocycles. The Morgan fingerprint density at radius 1 is 1.12 bits per heavy atom. The predicted molar refractivity (Wildman–Crippen MR) is 178 cm³/mol. The third-order valence-electron chi connectivity index (χ3n) is 12.9. The van der Waals surface area contributed by atoms with Crippen molar-refractivity contribution in [1.29, 1.82) is 0 Å². The van der Waals surface area contributed by atoms with E-state index in [1.165, 1.54) is 18.3 Å². The normalized spacial score (nSPS) is 36.4. The van der Waals surface area contributed by atoms with Gasteiger partial charge >= 0.3 is 6.16 Å². The maximum atomic E-state index is 12.5. The van der Waals surface area contributed by atoms with Gasteiger partial charge in [0, 0.05) is 18.4 Å². The number of methoxy groups -OCH3 is 2. The number of carbonyl (C=O) groups is 1. The van der Waals surface area contributed by atoms with Gasteiger partial charge in [0.25, 0.3) is 0 Å². The first kappa shape index (κ1) is 34.5. The van der Waals surface area contributed by atoms with Crippen molar-refractivity contribution in [3.8, 4) is 0 Å². The van der Waals surface area contributed by atoms with Gasteiger partial charge in [-0.25, -0.2) is 4.79 Å². The number of ether oxygens (including phenoxy) is 3. The Hall–Kier alpha value is -1.37. The Morgan fingerprint density at radius 3 is 2.37 bits per heavy atom. The highest BCUT2D eigenvalue weighted by Gasteiger charge is 2.67. The molecule has 43 heavy (non-hydrogen) atoms. The highest BCUT2D eigenvalue weighted by Crippen LogP contribution is 2.70. The van der Waals surface area contributed by atoms with E-state index in [-0.39, 0.29) is 34.0 Å². The van der Waals surface area contributed by atoms with E-state index in [1.807, 2.05) is 7.11 Å². The van der Waals surface area contributed by atoms with Crippen molar-refractivity contribution in [2.45, 2.75) is 136 Å². The molecular formula is C37H62O5Si. The molecule has 0 aliphatic heterocycles. The van der Waals surface area contributed by atoms with Crippen LogP contribution in [-0.2, 0) is 18.6 Å². The molecule has 5 nitrogen and oxygen atoms in total. The van der Waals surface area contributed by atoms with Gasteiger partial charge in [-0.15, -0.1) is 0 Å². The smallest absolute Gasteiger partial charge is 0.438 e. The fourth-order valence-electron chi connectivity index (χ4n) is 8.73. The van der Waals surface area contributed by atoms with E-state index in [4.69, 9.17) is 18.6 Å². The van der Waals surface area contributed by atoms with Gasteiger partial charge in [0.15, 0.2) is 8.32 Å². The van der Waals surface area contributed by atoms with Gasteiger partial charge in [-0.05, 0) is 111 Å². The fourth-order valence-corrected chi connectivity index (χ4v) is 10.0. The molecule has 0 amide bonds. The molecule has 4 saturated carbocycles. The molecular weight excluding hydrogens is 552 g/mol. The number of allylic oxidation sites excluding steroid dienone is 2. The zero-order chi connectivity index (χ0) is 32.2. The molecule has 0 N–H and O–H groups in total. The van der Waals surface area contributed by atoms with Crippen LogP contribution in [0.2, 0.25) is 18.1 Å². The second-order valence-electron chi connectivity index (χ2n) is 16.7. The lowest BCUT2D eigenvalue weighted by Gasteiger charge is -2.47. The Bertz CT molecular complexity index is 1120. The lowest BCUT2D eigenvalue weighted by Crippen LogP contribution is -2.47. The molecule has 8 unspecified atom stereocenters. The van der Waals surface area contributed by atoms with E-state index >= 15 is 0 Å². The van der Waals surface area contributed by atoms with Gasteiger partial charge in [0.05, 0.1) is 19.3 Å². The van der Waals surface area contributed by atoms with Gasteiger partial charge in [0.2, 0.25) is 0 Å². The lowest BCUT2D eigenvalue weighted by molar-refractivity contribution is -0.0595.